The van der Waals surface area contributed by atoms with Crippen LogP contribution in [0.1, 0.15) is 30.4 Å². The summed E-state index contributed by atoms with van der Waals surface area (Å²) in [6.45, 7) is 5.88. The second-order valence-corrected chi connectivity index (χ2v) is 4.60. The zero-order valence-electron chi connectivity index (χ0n) is 10.2. The SMILES string of the molecule is Cc1cc(C)cc(OCCC2CCCO2)c1. The number of benzene rings is 1. The van der Waals surface area contributed by atoms with Gasteiger partial charge in [0.2, 0.25) is 0 Å². The van der Waals surface area contributed by atoms with Crippen molar-refractivity contribution in [3.63, 3.8) is 0 Å². The molecule has 1 unspecified atom stereocenters. The van der Waals surface area contributed by atoms with Gasteiger partial charge in [-0.3, -0.25) is 0 Å². The number of rotatable bonds is 4. The van der Waals surface area contributed by atoms with E-state index in [2.05, 4.69) is 32.0 Å². The Morgan fingerprint density at radius 2 is 2.00 bits per heavy atom. The fraction of sp³-hybridized carbons (Fsp3) is 0.571. The van der Waals surface area contributed by atoms with Crippen molar-refractivity contribution in [3.05, 3.63) is 29.3 Å². The van der Waals surface area contributed by atoms with Crippen LogP contribution in [-0.2, 0) is 4.74 Å². The molecule has 0 N–H and O–H groups in total. The summed E-state index contributed by atoms with van der Waals surface area (Å²) >= 11 is 0. The van der Waals surface area contributed by atoms with Gasteiger partial charge in [-0.05, 0) is 49.9 Å². The minimum Gasteiger partial charge on any atom is -0.493 e. The minimum absolute atomic E-state index is 0.422. The van der Waals surface area contributed by atoms with Crippen LogP contribution in [0.2, 0.25) is 0 Å². The Morgan fingerprint density at radius 1 is 1.25 bits per heavy atom. The third-order valence-corrected chi connectivity index (χ3v) is 2.93. The molecular weight excluding hydrogens is 200 g/mol. The minimum atomic E-state index is 0.422. The van der Waals surface area contributed by atoms with E-state index >= 15 is 0 Å². The average Bonchev–Trinajstić information content (AvgIpc) is 2.69. The van der Waals surface area contributed by atoms with E-state index in [0.717, 1.165) is 25.4 Å². The largest absolute Gasteiger partial charge is 0.493 e. The highest BCUT2D eigenvalue weighted by Gasteiger charge is 2.14. The molecule has 0 radical (unpaired) electrons. The van der Waals surface area contributed by atoms with Gasteiger partial charge in [0.25, 0.3) is 0 Å². The fourth-order valence-electron chi connectivity index (χ4n) is 2.20. The Labute approximate surface area is 97.6 Å². The van der Waals surface area contributed by atoms with E-state index in [1.165, 1.54) is 24.0 Å². The zero-order valence-corrected chi connectivity index (χ0v) is 10.2. The lowest BCUT2D eigenvalue weighted by Crippen LogP contribution is -2.10. The fourth-order valence-corrected chi connectivity index (χ4v) is 2.20. The second-order valence-electron chi connectivity index (χ2n) is 4.60. The molecule has 1 fully saturated rings. The molecule has 1 aromatic rings. The molecule has 2 heteroatoms. The molecule has 1 aliphatic heterocycles. The zero-order chi connectivity index (χ0) is 11.4. The van der Waals surface area contributed by atoms with Crippen LogP contribution >= 0.6 is 0 Å². The van der Waals surface area contributed by atoms with Crippen LogP contribution in [0, 0.1) is 13.8 Å². The molecule has 0 bridgehead atoms. The van der Waals surface area contributed by atoms with E-state index in [1.807, 2.05) is 0 Å². The summed E-state index contributed by atoms with van der Waals surface area (Å²) in [5, 5.41) is 0. The van der Waals surface area contributed by atoms with E-state index in [9.17, 15) is 0 Å². The normalized spacial score (nSPS) is 20.0. The average molecular weight is 220 g/mol. The van der Waals surface area contributed by atoms with Crippen molar-refractivity contribution in [2.24, 2.45) is 0 Å². The summed E-state index contributed by atoms with van der Waals surface area (Å²) in [5.74, 6) is 0.982. The van der Waals surface area contributed by atoms with Crippen LogP contribution in [0.25, 0.3) is 0 Å². The van der Waals surface area contributed by atoms with Crippen LogP contribution in [0.15, 0.2) is 18.2 Å². The quantitative estimate of drug-likeness (QED) is 0.775. The molecule has 1 atom stereocenters. The van der Waals surface area contributed by atoms with Crippen LogP contribution in [0.4, 0.5) is 0 Å². The van der Waals surface area contributed by atoms with Crippen molar-refractivity contribution in [1.82, 2.24) is 0 Å². The summed E-state index contributed by atoms with van der Waals surface area (Å²) in [4.78, 5) is 0. The Balaban J connectivity index is 1.80. The summed E-state index contributed by atoms with van der Waals surface area (Å²) in [6, 6.07) is 6.33. The number of hydrogen-bond acceptors (Lipinski definition) is 2. The molecule has 88 valence electrons. The predicted molar refractivity (Wildman–Crippen MR) is 65.0 cm³/mol. The maximum absolute atomic E-state index is 5.75. The lowest BCUT2D eigenvalue weighted by molar-refractivity contribution is 0.0903. The van der Waals surface area contributed by atoms with Crippen molar-refractivity contribution in [2.75, 3.05) is 13.2 Å². The summed E-state index contributed by atoms with van der Waals surface area (Å²) in [7, 11) is 0. The lowest BCUT2D eigenvalue weighted by atomic mass is 10.1. The van der Waals surface area contributed by atoms with E-state index in [4.69, 9.17) is 9.47 Å². The predicted octanol–water partition coefficient (Wildman–Crippen LogP) is 3.25. The van der Waals surface area contributed by atoms with E-state index in [1.54, 1.807) is 0 Å². The highest BCUT2D eigenvalue weighted by Crippen LogP contribution is 2.18. The lowest BCUT2D eigenvalue weighted by Gasteiger charge is -2.11. The standard InChI is InChI=1S/C14H20O2/c1-11-8-12(2)10-14(9-11)16-7-5-13-4-3-6-15-13/h8-10,13H,3-7H2,1-2H3. The third-order valence-electron chi connectivity index (χ3n) is 2.93. The molecule has 2 rings (SSSR count). The molecule has 1 aliphatic rings. The molecule has 0 amide bonds. The first-order valence-electron chi connectivity index (χ1n) is 6.07. The van der Waals surface area contributed by atoms with E-state index in [0.29, 0.717) is 6.10 Å². The summed E-state index contributed by atoms with van der Waals surface area (Å²) in [5.41, 5.74) is 2.51. The second kappa shape index (κ2) is 5.35. The van der Waals surface area contributed by atoms with Crippen molar-refractivity contribution in [3.8, 4) is 5.75 Å². The van der Waals surface area contributed by atoms with E-state index in [-0.39, 0.29) is 0 Å². The molecule has 0 aliphatic carbocycles. The van der Waals surface area contributed by atoms with Crippen LogP contribution < -0.4 is 4.74 Å². The van der Waals surface area contributed by atoms with Gasteiger partial charge in [-0.2, -0.15) is 0 Å². The van der Waals surface area contributed by atoms with Gasteiger partial charge < -0.3 is 9.47 Å². The first-order chi connectivity index (χ1) is 7.74. The molecular formula is C14H20O2. The summed E-state index contributed by atoms with van der Waals surface area (Å²) in [6.07, 6.45) is 3.82. The number of hydrogen-bond donors (Lipinski definition) is 0. The van der Waals surface area contributed by atoms with Gasteiger partial charge in [-0.25, -0.2) is 0 Å². The molecule has 0 saturated carbocycles. The maximum Gasteiger partial charge on any atom is 0.119 e. The van der Waals surface area contributed by atoms with Crippen LogP contribution in [-0.4, -0.2) is 19.3 Å². The molecule has 1 heterocycles. The topological polar surface area (TPSA) is 18.5 Å². The van der Waals surface area contributed by atoms with Crippen molar-refractivity contribution >= 4 is 0 Å². The van der Waals surface area contributed by atoms with E-state index < -0.39 is 0 Å². The van der Waals surface area contributed by atoms with Crippen molar-refractivity contribution in [1.29, 1.82) is 0 Å². The molecule has 1 aromatic carbocycles. The van der Waals surface area contributed by atoms with Gasteiger partial charge >= 0.3 is 0 Å². The van der Waals surface area contributed by atoms with Gasteiger partial charge in [-0.15, -0.1) is 0 Å². The maximum atomic E-state index is 5.75. The molecule has 16 heavy (non-hydrogen) atoms. The monoisotopic (exact) mass is 220 g/mol. The Kier molecular flexibility index (Phi) is 3.83. The molecule has 0 aromatic heterocycles. The third kappa shape index (κ3) is 3.24. The Morgan fingerprint density at radius 3 is 2.62 bits per heavy atom. The van der Waals surface area contributed by atoms with Gasteiger partial charge in [0.05, 0.1) is 12.7 Å². The first kappa shape index (κ1) is 11.5. The highest BCUT2D eigenvalue weighted by atomic mass is 16.5. The smallest absolute Gasteiger partial charge is 0.119 e. The number of aryl methyl sites for hydroxylation is 2. The molecule has 1 saturated heterocycles. The van der Waals surface area contributed by atoms with Crippen molar-refractivity contribution in [2.45, 2.75) is 39.2 Å². The van der Waals surface area contributed by atoms with Crippen LogP contribution in [0.3, 0.4) is 0 Å². The Bertz CT molecular complexity index is 320. The number of ether oxygens (including phenoxy) is 2. The van der Waals surface area contributed by atoms with Crippen molar-refractivity contribution < 1.29 is 9.47 Å². The van der Waals surface area contributed by atoms with Gasteiger partial charge in [0.1, 0.15) is 5.75 Å². The molecule has 2 nitrogen and oxygen atoms in total. The first-order valence-corrected chi connectivity index (χ1v) is 6.07. The van der Waals surface area contributed by atoms with Gasteiger partial charge in [-0.1, -0.05) is 6.07 Å². The highest BCUT2D eigenvalue weighted by molar-refractivity contribution is 5.32. The van der Waals surface area contributed by atoms with Crippen LogP contribution in [0.5, 0.6) is 5.75 Å². The molecule has 0 spiro atoms. The van der Waals surface area contributed by atoms with Gasteiger partial charge in [0.15, 0.2) is 0 Å². The summed E-state index contributed by atoms with van der Waals surface area (Å²) < 4.78 is 11.3. The van der Waals surface area contributed by atoms with Gasteiger partial charge in [0, 0.05) is 13.0 Å². The Hall–Kier alpha value is -1.02.